The van der Waals surface area contributed by atoms with E-state index in [2.05, 4.69) is 51.6 Å². The normalized spacial score (nSPS) is 12.6. The zero-order valence-electron chi connectivity index (χ0n) is 11.8. The third-order valence-electron chi connectivity index (χ3n) is 3.81. The number of rotatable bonds is 4. The van der Waals surface area contributed by atoms with E-state index < -0.39 is 0 Å². The van der Waals surface area contributed by atoms with Crippen molar-refractivity contribution in [3.63, 3.8) is 0 Å². The van der Waals surface area contributed by atoms with Crippen LogP contribution < -0.4 is 0 Å². The Labute approximate surface area is 118 Å². The molecule has 0 saturated heterocycles. The van der Waals surface area contributed by atoms with Crippen LogP contribution in [0.2, 0.25) is 0 Å². The van der Waals surface area contributed by atoms with Gasteiger partial charge in [0.15, 0.2) is 0 Å². The van der Waals surface area contributed by atoms with Crippen molar-refractivity contribution in [3.05, 3.63) is 34.0 Å². The summed E-state index contributed by atoms with van der Waals surface area (Å²) in [7, 11) is 2.17. The van der Waals surface area contributed by atoms with Gasteiger partial charge in [-0.15, -0.1) is 29.3 Å². The van der Waals surface area contributed by atoms with Crippen LogP contribution in [0.3, 0.4) is 0 Å². The second-order valence-corrected chi connectivity index (χ2v) is 7.69. The highest BCUT2D eigenvalue weighted by atomic mass is 32.2. The third kappa shape index (κ3) is 2.27. The lowest BCUT2D eigenvalue weighted by atomic mass is 10.0. The highest BCUT2D eigenvalue weighted by Crippen LogP contribution is 2.38. The minimum absolute atomic E-state index is 0.0406. The zero-order valence-corrected chi connectivity index (χ0v) is 13.5. The highest BCUT2D eigenvalue weighted by molar-refractivity contribution is 7.37. The maximum atomic E-state index is 3.93. The molecule has 0 spiro atoms. The Morgan fingerprint density at radius 2 is 2.06 bits per heavy atom. The van der Waals surface area contributed by atoms with Crippen molar-refractivity contribution in [3.8, 4) is 0 Å². The fraction of sp³-hybridized carbons (Fsp3) is 0.467. The summed E-state index contributed by atoms with van der Waals surface area (Å²) in [6.45, 7) is 13.8. The van der Waals surface area contributed by atoms with Gasteiger partial charge in [-0.1, -0.05) is 6.08 Å². The first-order valence-electron chi connectivity index (χ1n) is 6.17. The summed E-state index contributed by atoms with van der Waals surface area (Å²) in [5.74, 6) is 0. The van der Waals surface area contributed by atoms with Gasteiger partial charge in [0.2, 0.25) is 0 Å². The van der Waals surface area contributed by atoms with Crippen molar-refractivity contribution in [1.29, 1.82) is 0 Å². The Balaban J connectivity index is 2.33. The summed E-state index contributed by atoms with van der Waals surface area (Å²) in [5.41, 5.74) is 2.92. The summed E-state index contributed by atoms with van der Waals surface area (Å²) in [6, 6.07) is 0. The lowest BCUT2D eigenvalue weighted by Crippen LogP contribution is -2.38. The fourth-order valence-electron chi connectivity index (χ4n) is 2.00. The molecule has 0 aliphatic rings. The van der Waals surface area contributed by atoms with Crippen LogP contribution in [0.1, 0.15) is 29.9 Å². The number of thiophene rings is 2. The third-order valence-corrected chi connectivity index (χ3v) is 6.31. The molecule has 0 fully saturated rings. The van der Waals surface area contributed by atoms with Gasteiger partial charge < -0.3 is 0 Å². The van der Waals surface area contributed by atoms with E-state index in [0.717, 1.165) is 6.54 Å². The summed E-state index contributed by atoms with van der Waals surface area (Å²) >= 11 is 3.81. The first-order chi connectivity index (χ1) is 8.36. The Kier molecular flexibility index (Phi) is 3.67. The van der Waals surface area contributed by atoms with E-state index in [1.807, 2.05) is 28.7 Å². The van der Waals surface area contributed by atoms with Crippen LogP contribution in [0, 0.1) is 13.8 Å². The molecule has 2 heterocycles. The molecule has 98 valence electrons. The number of fused-ring (bicyclic) bond motifs is 1. The Morgan fingerprint density at radius 3 is 2.61 bits per heavy atom. The molecule has 0 radical (unpaired) electrons. The fourth-order valence-corrected chi connectivity index (χ4v) is 4.62. The van der Waals surface area contributed by atoms with Gasteiger partial charge in [-0.05, 0) is 51.2 Å². The summed E-state index contributed by atoms with van der Waals surface area (Å²) in [4.78, 5) is 3.84. The Hall–Kier alpha value is -0.640. The standard InChI is InChI=1S/C15H21NS2/c1-7-15(4,5)16(6)8-12-11(3)13-10(2)9-17-14(13)18-12/h7,9H,1,8H2,2-6H3. The number of aryl methyl sites for hydroxylation is 2. The van der Waals surface area contributed by atoms with Crippen molar-refractivity contribution >= 4 is 32.1 Å². The number of hydrogen-bond acceptors (Lipinski definition) is 3. The monoisotopic (exact) mass is 279 g/mol. The van der Waals surface area contributed by atoms with E-state index >= 15 is 0 Å². The van der Waals surface area contributed by atoms with Gasteiger partial charge in [0.25, 0.3) is 0 Å². The maximum Gasteiger partial charge on any atom is 0.0873 e. The average molecular weight is 279 g/mol. The van der Waals surface area contributed by atoms with Crippen LogP contribution in [-0.2, 0) is 6.54 Å². The first-order valence-corrected chi connectivity index (χ1v) is 7.87. The second-order valence-electron chi connectivity index (χ2n) is 5.45. The number of hydrogen-bond donors (Lipinski definition) is 0. The molecule has 0 amide bonds. The minimum atomic E-state index is 0.0406. The van der Waals surface area contributed by atoms with Crippen molar-refractivity contribution in [1.82, 2.24) is 4.90 Å². The van der Waals surface area contributed by atoms with Gasteiger partial charge in [-0.2, -0.15) is 0 Å². The molecule has 18 heavy (non-hydrogen) atoms. The van der Waals surface area contributed by atoms with Gasteiger partial charge in [-0.25, -0.2) is 0 Å². The summed E-state index contributed by atoms with van der Waals surface area (Å²) in [5, 5.41) is 3.74. The van der Waals surface area contributed by atoms with Gasteiger partial charge in [0, 0.05) is 22.3 Å². The van der Waals surface area contributed by atoms with Crippen molar-refractivity contribution in [2.45, 2.75) is 39.8 Å². The summed E-state index contributed by atoms with van der Waals surface area (Å²) in [6.07, 6.45) is 2.02. The van der Waals surface area contributed by atoms with Crippen LogP contribution in [0.15, 0.2) is 18.0 Å². The molecule has 1 nitrogen and oxygen atoms in total. The molecule has 2 rings (SSSR count). The van der Waals surface area contributed by atoms with E-state index in [1.54, 1.807) is 0 Å². The zero-order chi connectivity index (χ0) is 13.5. The van der Waals surface area contributed by atoms with Crippen molar-refractivity contribution in [2.24, 2.45) is 0 Å². The average Bonchev–Trinajstić information content (AvgIpc) is 2.82. The van der Waals surface area contributed by atoms with Crippen molar-refractivity contribution < 1.29 is 0 Å². The molecule has 0 aromatic carbocycles. The molecule has 0 unspecified atom stereocenters. The maximum absolute atomic E-state index is 3.93. The molecule has 3 heteroatoms. The lowest BCUT2D eigenvalue weighted by Gasteiger charge is -2.32. The molecule has 0 N–H and O–H groups in total. The second kappa shape index (κ2) is 4.80. The molecule has 0 atom stereocenters. The van der Waals surface area contributed by atoms with Crippen LogP contribution in [0.5, 0.6) is 0 Å². The molecule has 0 bridgehead atoms. The van der Waals surface area contributed by atoms with E-state index in [-0.39, 0.29) is 5.54 Å². The SMILES string of the molecule is C=CC(C)(C)N(C)Cc1sc2scc(C)c2c1C. The largest absolute Gasteiger partial charge is 0.293 e. The minimum Gasteiger partial charge on any atom is -0.293 e. The molecule has 0 aliphatic carbocycles. The predicted octanol–water partition coefficient (Wildman–Crippen LogP) is 4.98. The topological polar surface area (TPSA) is 3.24 Å². The van der Waals surface area contributed by atoms with Gasteiger partial charge >= 0.3 is 0 Å². The van der Waals surface area contributed by atoms with Gasteiger partial charge in [-0.3, -0.25) is 4.90 Å². The van der Waals surface area contributed by atoms with E-state index in [0.29, 0.717) is 0 Å². The van der Waals surface area contributed by atoms with Crippen LogP contribution >= 0.6 is 22.7 Å². The van der Waals surface area contributed by atoms with Gasteiger partial charge in [0.1, 0.15) is 0 Å². The summed E-state index contributed by atoms with van der Waals surface area (Å²) < 4.78 is 1.46. The molecular weight excluding hydrogens is 258 g/mol. The first kappa shape index (κ1) is 13.8. The molecular formula is C15H21NS2. The quantitative estimate of drug-likeness (QED) is 0.714. The van der Waals surface area contributed by atoms with Crippen molar-refractivity contribution in [2.75, 3.05) is 7.05 Å². The molecule has 0 aliphatic heterocycles. The smallest absolute Gasteiger partial charge is 0.0873 e. The van der Waals surface area contributed by atoms with E-state index in [1.165, 1.54) is 25.4 Å². The van der Waals surface area contributed by atoms with Crippen LogP contribution in [0.4, 0.5) is 0 Å². The number of nitrogens with zero attached hydrogens (tertiary/aromatic N) is 1. The molecule has 2 aromatic rings. The van der Waals surface area contributed by atoms with Gasteiger partial charge in [0.05, 0.1) is 4.01 Å². The molecule has 2 aromatic heterocycles. The van der Waals surface area contributed by atoms with E-state index in [4.69, 9.17) is 0 Å². The van der Waals surface area contributed by atoms with E-state index in [9.17, 15) is 0 Å². The predicted molar refractivity (Wildman–Crippen MR) is 84.9 cm³/mol. The highest BCUT2D eigenvalue weighted by Gasteiger charge is 2.21. The van der Waals surface area contributed by atoms with Crippen LogP contribution in [-0.4, -0.2) is 17.5 Å². The lowest BCUT2D eigenvalue weighted by molar-refractivity contribution is 0.198. The Bertz CT molecular complexity index is 575. The molecule has 0 saturated carbocycles. The number of likely N-dealkylation sites (N-methyl/N-ethyl adjacent to an activating group) is 1. The Morgan fingerprint density at radius 1 is 1.39 bits per heavy atom. The van der Waals surface area contributed by atoms with Crippen LogP contribution in [0.25, 0.3) is 9.40 Å².